The lowest BCUT2D eigenvalue weighted by Gasteiger charge is -2.09. The molecule has 0 unspecified atom stereocenters. The zero-order valence-corrected chi connectivity index (χ0v) is 15.8. The molecule has 0 N–H and O–H groups in total. The van der Waals surface area contributed by atoms with E-state index in [0.717, 1.165) is 16.5 Å². The summed E-state index contributed by atoms with van der Waals surface area (Å²) in [5.41, 5.74) is 1.83. The number of nitrogens with zero attached hydrogens (tertiary/aromatic N) is 1. The van der Waals surface area contributed by atoms with Crippen molar-refractivity contribution in [2.24, 2.45) is 7.05 Å². The quantitative estimate of drug-likeness (QED) is 0.405. The lowest BCUT2D eigenvalue weighted by atomic mass is 10.1. The van der Waals surface area contributed by atoms with E-state index in [0.29, 0.717) is 28.2 Å². The van der Waals surface area contributed by atoms with Gasteiger partial charge >= 0.3 is 5.97 Å². The molecule has 26 heavy (non-hydrogen) atoms. The van der Waals surface area contributed by atoms with Gasteiger partial charge in [-0.1, -0.05) is 29.3 Å². The molecule has 4 nitrogen and oxygen atoms in total. The van der Waals surface area contributed by atoms with Gasteiger partial charge in [-0.05, 0) is 37.3 Å². The summed E-state index contributed by atoms with van der Waals surface area (Å²) in [6.45, 7) is 2.11. The molecule has 0 bridgehead atoms. The van der Waals surface area contributed by atoms with Crippen molar-refractivity contribution < 1.29 is 14.3 Å². The number of rotatable bonds is 5. The predicted octanol–water partition coefficient (Wildman–Crippen LogP) is 5.85. The van der Waals surface area contributed by atoms with E-state index in [1.54, 1.807) is 31.2 Å². The lowest BCUT2D eigenvalue weighted by molar-refractivity contribution is -0.137. The fourth-order valence-corrected chi connectivity index (χ4v) is 2.96. The number of fused-ring (bicyclic) bond motifs is 1. The van der Waals surface area contributed by atoms with E-state index in [1.165, 1.54) is 6.08 Å². The summed E-state index contributed by atoms with van der Waals surface area (Å²) >= 11 is 12.0. The molecule has 6 heteroatoms. The highest BCUT2D eigenvalue weighted by Crippen LogP contribution is 2.35. The molecule has 0 atom stereocenters. The van der Waals surface area contributed by atoms with E-state index in [2.05, 4.69) is 0 Å². The van der Waals surface area contributed by atoms with Crippen LogP contribution in [0.3, 0.4) is 0 Å². The number of carbonyl (C=O) groups is 1. The SMILES string of the molecule is CCOC(=O)C=Cc1cn(C)c2cccc(Oc3ccc(Cl)c(Cl)c3)c12. The Kier molecular flexibility index (Phi) is 5.55. The molecule has 0 radical (unpaired) electrons. The molecule has 0 aliphatic heterocycles. The van der Waals surface area contributed by atoms with Crippen molar-refractivity contribution >= 4 is 46.2 Å². The summed E-state index contributed by atoms with van der Waals surface area (Å²) in [4.78, 5) is 11.6. The van der Waals surface area contributed by atoms with E-state index < -0.39 is 0 Å². The largest absolute Gasteiger partial charge is 0.463 e. The summed E-state index contributed by atoms with van der Waals surface area (Å²) < 4.78 is 12.9. The molecular weight excluding hydrogens is 373 g/mol. The Balaban J connectivity index is 2.02. The number of carbonyl (C=O) groups excluding carboxylic acids is 1. The fraction of sp³-hybridized carbons (Fsp3) is 0.150. The van der Waals surface area contributed by atoms with Gasteiger partial charge in [-0.25, -0.2) is 4.79 Å². The maximum atomic E-state index is 11.6. The molecular formula is C20H17Cl2NO3. The van der Waals surface area contributed by atoms with Crippen LogP contribution in [0.25, 0.3) is 17.0 Å². The molecule has 0 aliphatic rings. The Labute approximate surface area is 161 Å². The number of ether oxygens (including phenoxy) is 2. The van der Waals surface area contributed by atoms with E-state index in [4.69, 9.17) is 32.7 Å². The molecule has 0 saturated heterocycles. The number of halogens is 2. The first kappa shape index (κ1) is 18.4. The molecule has 0 spiro atoms. The number of benzene rings is 2. The Morgan fingerprint density at radius 3 is 2.73 bits per heavy atom. The number of aromatic nitrogens is 1. The molecule has 2 aromatic carbocycles. The second-order valence-electron chi connectivity index (χ2n) is 5.61. The van der Waals surface area contributed by atoms with Crippen LogP contribution in [-0.4, -0.2) is 17.1 Å². The van der Waals surface area contributed by atoms with Crippen LogP contribution in [0.1, 0.15) is 12.5 Å². The van der Waals surface area contributed by atoms with Crippen LogP contribution in [0.15, 0.2) is 48.7 Å². The van der Waals surface area contributed by atoms with Gasteiger partial charge in [0.05, 0.1) is 22.2 Å². The van der Waals surface area contributed by atoms with Gasteiger partial charge < -0.3 is 14.0 Å². The van der Waals surface area contributed by atoms with Crippen molar-refractivity contribution in [2.75, 3.05) is 6.61 Å². The van der Waals surface area contributed by atoms with E-state index in [9.17, 15) is 4.79 Å². The average Bonchev–Trinajstić information content (AvgIpc) is 2.94. The van der Waals surface area contributed by atoms with Crippen LogP contribution in [0.5, 0.6) is 11.5 Å². The molecule has 0 aliphatic carbocycles. The van der Waals surface area contributed by atoms with E-state index in [1.807, 2.05) is 36.0 Å². The summed E-state index contributed by atoms with van der Waals surface area (Å²) in [6, 6.07) is 10.9. The van der Waals surface area contributed by atoms with Crippen molar-refractivity contribution in [3.05, 3.63) is 64.3 Å². The minimum absolute atomic E-state index is 0.338. The first-order valence-corrected chi connectivity index (χ1v) is 8.81. The van der Waals surface area contributed by atoms with E-state index >= 15 is 0 Å². The standard InChI is InChI=1S/C20H17Cl2NO3/c1-3-25-19(24)10-7-13-12-23(2)17-5-4-6-18(20(13)17)26-14-8-9-15(21)16(22)11-14/h4-12H,3H2,1-2H3. The van der Waals surface area contributed by atoms with Crippen LogP contribution >= 0.6 is 23.2 Å². The van der Waals surface area contributed by atoms with Crippen LogP contribution in [-0.2, 0) is 16.6 Å². The Morgan fingerprint density at radius 2 is 2.00 bits per heavy atom. The van der Waals surface area contributed by atoms with Gasteiger partial charge in [-0.2, -0.15) is 0 Å². The van der Waals surface area contributed by atoms with Gasteiger partial charge in [0.2, 0.25) is 0 Å². The first-order chi connectivity index (χ1) is 12.5. The van der Waals surface area contributed by atoms with Crippen LogP contribution in [0.2, 0.25) is 10.0 Å². The van der Waals surface area contributed by atoms with Crippen LogP contribution in [0.4, 0.5) is 0 Å². The van der Waals surface area contributed by atoms with Crippen LogP contribution < -0.4 is 4.74 Å². The third-order valence-corrected chi connectivity index (χ3v) is 4.55. The Bertz CT molecular complexity index is 992. The van der Waals surface area contributed by atoms with Gasteiger partial charge in [-0.15, -0.1) is 0 Å². The molecule has 1 heterocycles. The predicted molar refractivity (Wildman–Crippen MR) is 105 cm³/mol. The van der Waals surface area contributed by atoms with Gasteiger partial charge in [0.15, 0.2) is 0 Å². The van der Waals surface area contributed by atoms with Crippen molar-refractivity contribution in [1.29, 1.82) is 0 Å². The topological polar surface area (TPSA) is 40.5 Å². The highest BCUT2D eigenvalue weighted by Gasteiger charge is 2.12. The molecule has 3 aromatic rings. The highest BCUT2D eigenvalue weighted by molar-refractivity contribution is 6.42. The van der Waals surface area contributed by atoms with Crippen molar-refractivity contribution in [3.63, 3.8) is 0 Å². The number of esters is 1. The summed E-state index contributed by atoms with van der Waals surface area (Å²) in [5, 5.41) is 1.78. The van der Waals surface area contributed by atoms with Gasteiger partial charge in [0.25, 0.3) is 0 Å². The minimum atomic E-state index is -0.382. The maximum absolute atomic E-state index is 11.6. The molecule has 0 amide bonds. The number of hydrogen-bond acceptors (Lipinski definition) is 3. The first-order valence-electron chi connectivity index (χ1n) is 8.05. The minimum Gasteiger partial charge on any atom is -0.463 e. The second kappa shape index (κ2) is 7.85. The molecule has 1 aromatic heterocycles. The maximum Gasteiger partial charge on any atom is 0.330 e. The van der Waals surface area contributed by atoms with Gasteiger partial charge in [-0.3, -0.25) is 0 Å². The third kappa shape index (κ3) is 3.87. The number of aryl methyl sites for hydroxylation is 1. The highest BCUT2D eigenvalue weighted by atomic mass is 35.5. The molecule has 3 rings (SSSR count). The normalized spacial score (nSPS) is 11.2. The molecule has 0 saturated carbocycles. The average molecular weight is 390 g/mol. The Hall–Kier alpha value is -2.43. The third-order valence-electron chi connectivity index (χ3n) is 3.81. The monoisotopic (exact) mass is 389 g/mol. The van der Waals surface area contributed by atoms with Crippen LogP contribution in [0, 0.1) is 0 Å². The molecule has 134 valence electrons. The smallest absolute Gasteiger partial charge is 0.330 e. The van der Waals surface area contributed by atoms with E-state index in [-0.39, 0.29) is 5.97 Å². The summed E-state index contributed by atoms with van der Waals surface area (Å²) in [5.74, 6) is 0.855. The summed E-state index contributed by atoms with van der Waals surface area (Å²) in [6.07, 6.45) is 5.07. The van der Waals surface area contributed by atoms with Crippen molar-refractivity contribution in [1.82, 2.24) is 4.57 Å². The zero-order valence-electron chi connectivity index (χ0n) is 14.3. The van der Waals surface area contributed by atoms with Gasteiger partial charge in [0, 0.05) is 36.3 Å². The number of hydrogen-bond donors (Lipinski definition) is 0. The van der Waals surface area contributed by atoms with Crippen molar-refractivity contribution in [2.45, 2.75) is 6.92 Å². The lowest BCUT2D eigenvalue weighted by Crippen LogP contribution is -1.98. The van der Waals surface area contributed by atoms with Crippen molar-refractivity contribution in [3.8, 4) is 11.5 Å². The molecule has 0 fully saturated rings. The van der Waals surface area contributed by atoms with Gasteiger partial charge in [0.1, 0.15) is 11.5 Å². The Morgan fingerprint density at radius 1 is 1.19 bits per heavy atom. The zero-order chi connectivity index (χ0) is 18.7. The second-order valence-corrected chi connectivity index (χ2v) is 6.42. The summed E-state index contributed by atoms with van der Waals surface area (Å²) in [7, 11) is 1.94. The fourth-order valence-electron chi connectivity index (χ4n) is 2.67.